The van der Waals surface area contributed by atoms with E-state index in [1.807, 2.05) is 24.4 Å². The molecule has 0 radical (unpaired) electrons. The number of thiazole rings is 1. The van der Waals surface area contributed by atoms with E-state index in [4.69, 9.17) is 4.74 Å². The molecule has 7 heteroatoms. The minimum absolute atomic E-state index is 0.0302. The number of aryl methyl sites for hydroxylation is 1. The average molecular weight is 333 g/mol. The van der Waals surface area contributed by atoms with Gasteiger partial charge in [-0.1, -0.05) is 0 Å². The molecule has 1 aromatic carbocycles. The number of nitrogens with zero attached hydrogens (tertiary/aromatic N) is 2. The second-order valence-electron chi connectivity index (χ2n) is 5.17. The van der Waals surface area contributed by atoms with Crippen LogP contribution in [0, 0.1) is 6.92 Å². The molecule has 0 unspecified atom stereocenters. The highest BCUT2D eigenvalue weighted by atomic mass is 32.1. The molecule has 2 aromatic rings. The molecular formula is C16H19N3O3S. The molecular weight excluding hydrogens is 314 g/mol. The predicted molar refractivity (Wildman–Crippen MR) is 89.5 cm³/mol. The fourth-order valence-electron chi connectivity index (χ4n) is 1.71. The van der Waals surface area contributed by atoms with E-state index in [1.54, 1.807) is 37.6 Å². The highest BCUT2D eigenvalue weighted by molar-refractivity contribution is 7.13. The number of benzene rings is 1. The smallest absolute Gasteiger partial charge is 0.258 e. The monoisotopic (exact) mass is 333 g/mol. The molecule has 0 aliphatic carbocycles. The third kappa shape index (κ3) is 5.07. The van der Waals surface area contributed by atoms with Gasteiger partial charge in [-0.25, -0.2) is 4.98 Å². The minimum Gasteiger partial charge on any atom is -0.484 e. The molecule has 6 nitrogen and oxygen atoms in total. The van der Waals surface area contributed by atoms with Crippen LogP contribution in [0.1, 0.15) is 5.69 Å². The third-order valence-electron chi connectivity index (χ3n) is 3.03. The van der Waals surface area contributed by atoms with Crippen LogP contribution in [0.3, 0.4) is 0 Å². The molecule has 2 amide bonds. The van der Waals surface area contributed by atoms with Crippen LogP contribution in [0.25, 0.3) is 10.6 Å². The van der Waals surface area contributed by atoms with E-state index in [0.29, 0.717) is 5.75 Å². The molecule has 0 saturated heterocycles. The number of amides is 2. The van der Waals surface area contributed by atoms with Crippen LogP contribution >= 0.6 is 11.3 Å². The summed E-state index contributed by atoms with van der Waals surface area (Å²) in [5.74, 6) is 0.0948. The lowest BCUT2D eigenvalue weighted by atomic mass is 10.2. The number of carbonyl (C=O) groups excluding carboxylic acids is 2. The summed E-state index contributed by atoms with van der Waals surface area (Å²) in [4.78, 5) is 28.8. The van der Waals surface area contributed by atoms with Crippen molar-refractivity contribution < 1.29 is 14.3 Å². The molecule has 0 aliphatic heterocycles. The van der Waals surface area contributed by atoms with Gasteiger partial charge in [0.1, 0.15) is 10.8 Å². The Morgan fingerprint density at radius 2 is 1.96 bits per heavy atom. The minimum atomic E-state index is -0.333. The zero-order valence-corrected chi connectivity index (χ0v) is 14.1. The molecule has 23 heavy (non-hydrogen) atoms. The van der Waals surface area contributed by atoms with Crippen LogP contribution in [0.2, 0.25) is 0 Å². The fourth-order valence-corrected chi connectivity index (χ4v) is 2.52. The Morgan fingerprint density at radius 3 is 2.52 bits per heavy atom. The number of carbonyl (C=O) groups is 2. The zero-order chi connectivity index (χ0) is 16.8. The highest BCUT2D eigenvalue weighted by Gasteiger charge is 2.08. The maximum atomic E-state index is 11.6. The number of hydrogen-bond acceptors (Lipinski definition) is 5. The molecule has 1 aromatic heterocycles. The number of likely N-dealkylation sites (N-methyl/N-ethyl adjacent to an activating group) is 1. The number of aromatic nitrogens is 1. The Hall–Kier alpha value is -2.41. The van der Waals surface area contributed by atoms with Gasteiger partial charge in [0.15, 0.2) is 6.61 Å². The van der Waals surface area contributed by atoms with Gasteiger partial charge in [-0.2, -0.15) is 0 Å². The van der Waals surface area contributed by atoms with Crippen LogP contribution in [0.4, 0.5) is 0 Å². The van der Waals surface area contributed by atoms with Gasteiger partial charge in [-0.05, 0) is 31.2 Å². The van der Waals surface area contributed by atoms with Crippen LogP contribution in [-0.2, 0) is 9.59 Å². The van der Waals surface area contributed by atoms with E-state index in [-0.39, 0.29) is 25.0 Å². The molecule has 1 N–H and O–H groups in total. The maximum Gasteiger partial charge on any atom is 0.258 e. The van der Waals surface area contributed by atoms with Crippen molar-refractivity contribution >= 4 is 23.2 Å². The number of hydrogen-bond donors (Lipinski definition) is 1. The van der Waals surface area contributed by atoms with Crippen molar-refractivity contribution in [1.82, 2.24) is 15.2 Å². The Labute approximate surface area is 139 Å². The third-order valence-corrected chi connectivity index (χ3v) is 4.04. The first kappa shape index (κ1) is 17.0. The summed E-state index contributed by atoms with van der Waals surface area (Å²) >= 11 is 1.59. The summed E-state index contributed by atoms with van der Waals surface area (Å²) in [5, 5.41) is 5.46. The molecule has 0 spiro atoms. The van der Waals surface area contributed by atoms with Gasteiger partial charge >= 0.3 is 0 Å². The van der Waals surface area contributed by atoms with Gasteiger partial charge in [-0.3, -0.25) is 9.59 Å². The van der Waals surface area contributed by atoms with Crippen molar-refractivity contribution in [2.24, 2.45) is 0 Å². The molecule has 0 atom stereocenters. The molecule has 0 saturated carbocycles. The summed E-state index contributed by atoms with van der Waals surface area (Å²) in [7, 11) is 3.27. The SMILES string of the molecule is Cc1csc(-c2ccc(OCC(=O)NCC(=O)N(C)C)cc2)n1. The molecule has 122 valence electrons. The molecule has 0 bridgehead atoms. The van der Waals surface area contributed by atoms with Crippen LogP contribution < -0.4 is 10.1 Å². The second-order valence-corrected chi connectivity index (χ2v) is 6.03. The average Bonchev–Trinajstić information content (AvgIpc) is 2.97. The first-order valence-corrected chi connectivity index (χ1v) is 7.96. The highest BCUT2D eigenvalue weighted by Crippen LogP contribution is 2.25. The topological polar surface area (TPSA) is 71.5 Å². The lowest BCUT2D eigenvalue weighted by Crippen LogP contribution is -2.38. The van der Waals surface area contributed by atoms with E-state index in [1.165, 1.54) is 4.90 Å². The summed E-state index contributed by atoms with van der Waals surface area (Å²) in [6.07, 6.45) is 0. The van der Waals surface area contributed by atoms with Gasteiger partial charge < -0.3 is 15.0 Å². The fraction of sp³-hybridized carbons (Fsp3) is 0.312. The van der Waals surface area contributed by atoms with E-state index < -0.39 is 0 Å². The summed E-state index contributed by atoms with van der Waals surface area (Å²) in [6.45, 7) is 1.80. The summed E-state index contributed by atoms with van der Waals surface area (Å²) < 4.78 is 5.40. The first-order valence-electron chi connectivity index (χ1n) is 7.08. The predicted octanol–water partition coefficient (Wildman–Crippen LogP) is 1.70. The summed E-state index contributed by atoms with van der Waals surface area (Å²) in [6, 6.07) is 7.40. The molecule has 2 rings (SSSR count). The Kier molecular flexibility index (Phi) is 5.70. The van der Waals surface area contributed by atoms with Crippen molar-refractivity contribution in [2.45, 2.75) is 6.92 Å². The summed E-state index contributed by atoms with van der Waals surface area (Å²) in [5.41, 5.74) is 2.01. The lowest BCUT2D eigenvalue weighted by Gasteiger charge is -2.11. The van der Waals surface area contributed by atoms with E-state index >= 15 is 0 Å². The van der Waals surface area contributed by atoms with Gasteiger partial charge in [0.2, 0.25) is 5.91 Å². The lowest BCUT2D eigenvalue weighted by molar-refractivity contribution is -0.131. The molecule has 1 heterocycles. The first-order chi connectivity index (χ1) is 11.0. The number of nitrogens with one attached hydrogen (secondary N) is 1. The zero-order valence-electron chi connectivity index (χ0n) is 13.3. The Balaban J connectivity index is 1.82. The van der Waals surface area contributed by atoms with Crippen LogP contribution in [0.5, 0.6) is 5.75 Å². The van der Waals surface area contributed by atoms with Crippen LogP contribution in [0.15, 0.2) is 29.6 Å². The maximum absolute atomic E-state index is 11.6. The van der Waals surface area contributed by atoms with Gasteiger partial charge in [0, 0.05) is 30.7 Å². The van der Waals surface area contributed by atoms with E-state index in [2.05, 4.69) is 10.3 Å². The Morgan fingerprint density at radius 1 is 1.26 bits per heavy atom. The number of rotatable bonds is 6. The van der Waals surface area contributed by atoms with Gasteiger partial charge in [-0.15, -0.1) is 11.3 Å². The van der Waals surface area contributed by atoms with Crippen LogP contribution in [-0.4, -0.2) is 48.9 Å². The molecule has 0 aliphatic rings. The van der Waals surface area contributed by atoms with Crippen molar-refractivity contribution in [3.8, 4) is 16.3 Å². The van der Waals surface area contributed by atoms with Crippen molar-refractivity contribution in [1.29, 1.82) is 0 Å². The number of ether oxygens (including phenoxy) is 1. The standard InChI is InChI=1S/C16H19N3O3S/c1-11-10-23-16(18-11)12-4-6-13(7-5-12)22-9-14(20)17-8-15(21)19(2)3/h4-7,10H,8-9H2,1-3H3,(H,17,20). The van der Waals surface area contributed by atoms with E-state index in [9.17, 15) is 9.59 Å². The second kappa shape index (κ2) is 7.73. The van der Waals surface area contributed by atoms with Crippen molar-refractivity contribution in [2.75, 3.05) is 27.2 Å². The van der Waals surface area contributed by atoms with Crippen molar-refractivity contribution in [3.05, 3.63) is 35.3 Å². The molecule has 0 fully saturated rings. The van der Waals surface area contributed by atoms with E-state index in [0.717, 1.165) is 16.3 Å². The van der Waals surface area contributed by atoms with Gasteiger partial charge in [0.25, 0.3) is 5.91 Å². The Bertz CT molecular complexity index is 680. The largest absolute Gasteiger partial charge is 0.484 e. The van der Waals surface area contributed by atoms with Gasteiger partial charge in [0.05, 0.1) is 6.54 Å². The normalized spacial score (nSPS) is 10.2. The van der Waals surface area contributed by atoms with Crippen molar-refractivity contribution in [3.63, 3.8) is 0 Å². The quantitative estimate of drug-likeness (QED) is 0.873.